The molecular formula is C15H29N3O2. The molecule has 0 aromatic carbocycles. The van der Waals surface area contributed by atoms with E-state index >= 15 is 0 Å². The third-order valence-corrected chi connectivity index (χ3v) is 4.30. The summed E-state index contributed by atoms with van der Waals surface area (Å²) in [5, 5.41) is 1.85. The van der Waals surface area contributed by atoms with Crippen LogP contribution in [0.15, 0.2) is 0 Å². The average molecular weight is 283 g/mol. The molecule has 0 atom stereocenters. The minimum atomic E-state index is -0.422. The summed E-state index contributed by atoms with van der Waals surface area (Å²) in [6, 6.07) is 0.660. The SMILES string of the molecule is CN1CCN(C2CCN(OC(=O)C(C)(C)C)CC2)CC1. The molecule has 0 aliphatic carbocycles. The van der Waals surface area contributed by atoms with Crippen molar-refractivity contribution in [3.05, 3.63) is 0 Å². The number of hydrogen-bond donors (Lipinski definition) is 0. The second kappa shape index (κ2) is 6.41. The fourth-order valence-corrected chi connectivity index (χ4v) is 2.74. The molecule has 2 rings (SSSR count). The Balaban J connectivity index is 1.74. The number of rotatable bonds is 2. The minimum absolute atomic E-state index is 0.129. The second-order valence-electron chi connectivity index (χ2n) is 7.13. The van der Waals surface area contributed by atoms with Crippen LogP contribution >= 0.6 is 0 Å². The summed E-state index contributed by atoms with van der Waals surface area (Å²) in [6.07, 6.45) is 2.20. The summed E-state index contributed by atoms with van der Waals surface area (Å²) in [5.41, 5.74) is -0.422. The van der Waals surface area contributed by atoms with Gasteiger partial charge < -0.3 is 9.74 Å². The first kappa shape index (κ1) is 15.7. The molecule has 5 nitrogen and oxygen atoms in total. The van der Waals surface area contributed by atoms with Crippen LogP contribution in [0, 0.1) is 5.41 Å². The van der Waals surface area contributed by atoms with E-state index in [-0.39, 0.29) is 5.97 Å². The Morgan fingerprint density at radius 3 is 2.05 bits per heavy atom. The molecule has 2 heterocycles. The first-order valence-corrected chi connectivity index (χ1v) is 7.76. The third kappa shape index (κ3) is 4.17. The number of carbonyl (C=O) groups is 1. The fourth-order valence-electron chi connectivity index (χ4n) is 2.74. The number of piperidine rings is 1. The maximum atomic E-state index is 11.9. The fraction of sp³-hybridized carbons (Fsp3) is 0.933. The summed E-state index contributed by atoms with van der Waals surface area (Å²) in [7, 11) is 2.19. The average Bonchev–Trinajstić information content (AvgIpc) is 2.39. The predicted molar refractivity (Wildman–Crippen MR) is 79.2 cm³/mol. The van der Waals surface area contributed by atoms with Gasteiger partial charge in [0.05, 0.1) is 5.41 Å². The van der Waals surface area contributed by atoms with E-state index in [9.17, 15) is 4.79 Å². The van der Waals surface area contributed by atoms with E-state index < -0.39 is 5.41 Å². The number of hydroxylamine groups is 2. The molecule has 5 heteroatoms. The lowest BCUT2D eigenvalue weighted by Gasteiger charge is -2.41. The zero-order chi connectivity index (χ0) is 14.8. The molecule has 0 amide bonds. The van der Waals surface area contributed by atoms with Crippen LogP contribution in [0.3, 0.4) is 0 Å². The smallest absolute Gasteiger partial charge is 0.330 e. The van der Waals surface area contributed by atoms with E-state index in [0.717, 1.165) is 25.9 Å². The first-order chi connectivity index (χ1) is 9.36. The highest BCUT2D eigenvalue weighted by molar-refractivity contribution is 5.75. The molecule has 2 saturated heterocycles. The van der Waals surface area contributed by atoms with E-state index in [2.05, 4.69) is 16.8 Å². The van der Waals surface area contributed by atoms with Crippen molar-refractivity contribution in [2.45, 2.75) is 39.7 Å². The number of likely N-dealkylation sites (N-methyl/N-ethyl adjacent to an activating group) is 1. The largest absolute Gasteiger partial charge is 0.367 e. The predicted octanol–water partition coefficient (Wildman–Crippen LogP) is 1.20. The van der Waals surface area contributed by atoms with E-state index in [4.69, 9.17) is 4.84 Å². The van der Waals surface area contributed by atoms with Crippen molar-refractivity contribution < 1.29 is 9.63 Å². The molecule has 20 heavy (non-hydrogen) atoms. The first-order valence-electron chi connectivity index (χ1n) is 7.76. The Labute approximate surface area is 122 Å². The van der Waals surface area contributed by atoms with Gasteiger partial charge in [-0.2, -0.15) is 0 Å². The van der Waals surface area contributed by atoms with Crippen molar-refractivity contribution >= 4 is 5.97 Å². The molecule has 0 aromatic rings. The Bertz CT molecular complexity index is 325. The van der Waals surface area contributed by atoms with Crippen molar-refractivity contribution in [1.29, 1.82) is 0 Å². The number of piperazine rings is 1. The lowest BCUT2D eigenvalue weighted by molar-refractivity contribution is -0.206. The summed E-state index contributed by atoms with van der Waals surface area (Å²) >= 11 is 0. The normalized spacial score (nSPS) is 24.8. The summed E-state index contributed by atoms with van der Waals surface area (Å²) < 4.78 is 0. The van der Waals surface area contributed by atoms with Gasteiger partial charge in [0.15, 0.2) is 0 Å². The molecule has 0 radical (unpaired) electrons. The molecule has 116 valence electrons. The molecule has 0 N–H and O–H groups in total. The van der Waals surface area contributed by atoms with Crippen LogP contribution in [-0.2, 0) is 9.63 Å². The molecule has 0 spiro atoms. The summed E-state index contributed by atoms with van der Waals surface area (Å²) in [5.74, 6) is -0.129. The van der Waals surface area contributed by atoms with Crippen LogP contribution in [0.4, 0.5) is 0 Å². The molecule has 0 unspecified atom stereocenters. The highest BCUT2D eigenvalue weighted by atomic mass is 16.7. The van der Waals surface area contributed by atoms with Crippen LogP contribution in [0.2, 0.25) is 0 Å². The summed E-state index contributed by atoms with van der Waals surface area (Å²) in [4.78, 5) is 22.3. The van der Waals surface area contributed by atoms with Gasteiger partial charge in [-0.1, -0.05) is 0 Å². The van der Waals surface area contributed by atoms with Gasteiger partial charge in [-0.05, 0) is 40.7 Å². The molecule has 2 aliphatic rings. The highest BCUT2D eigenvalue weighted by Crippen LogP contribution is 2.21. The topological polar surface area (TPSA) is 36.0 Å². The van der Waals surface area contributed by atoms with E-state index in [0.29, 0.717) is 6.04 Å². The van der Waals surface area contributed by atoms with Crippen LogP contribution in [-0.4, -0.2) is 73.2 Å². The molecule has 2 aliphatic heterocycles. The van der Waals surface area contributed by atoms with Crippen molar-refractivity contribution in [3.63, 3.8) is 0 Å². The van der Waals surface area contributed by atoms with Crippen LogP contribution in [0.1, 0.15) is 33.6 Å². The van der Waals surface area contributed by atoms with Gasteiger partial charge in [-0.3, -0.25) is 4.90 Å². The summed E-state index contributed by atoms with van der Waals surface area (Å²) in [6.45, 7) is 12.1. The second-order valence-corrected chi connectivity index (χ2v) is 7.13. The van der Waals surface area contributed by atoms with Crippen molar-refractivity contribution in [1.82, 2.24) is 14.9 Å². The van der Waals surface area contributed by atoms with Crippen molar-refractivity contribution in [3.8, 4) is 0 Å². The zero-order valence-electron chi connectivity index (χ0n) is 13.4. The molecule has 0 bridgehead atoms. The number of carbonyl (C=O) groups excluding carboxylic acids is 1. The quantitative estimate of drug-likeness (QED) is 0.761. The van der Waals surface area contributed by atoms with Crippen LogP contribution in [0.5, 0.6) is 0 Å². The molecule has 0 aromatic heterocycles. The van der Waals surface area contributed by atoms with E-state index in [1.54, 1.807) is 0 Å². The monoisotopic (exact) mass is 283 g/mol. The van der Waals surface area contributed by atoms with Gasteiger partial charge >= 0.3 is 5.97 Å². The standard InChI is InChI=1S/C15H29N3O2/c1-15(2,3)14(19)20-18-7-5-13(6-8-18)17-11-9-16(4)10-12-17/h13H,5-12H2,1-4H3. The number of nitrogens with zero attached hydrogens (tertiary/aromatic N) is 3. The van der Waals surface area contributed by atoms with Crippen molar-refractivity contribution in [2.24, 2.45) is 5.41 Å². The Morgan fingerprint density at radius 2 is 1.55 bits per heavy atom. The third-order valence-electron chi connectivity index (χ3n) is 4.30. The van der Waals surface area contributed by atoms with E-state index in [1.807, 2.05) is 25.8 Å². The maximum Gasteiger partial charge on any atom is 0.330 e. The maximum absolute atomic E-state index is 11.9. The van der Waals surface area contributed by atoms with Crippen molar-refractivity contribution in [2.75, 3.05) is 46.3 Å². The van der Waals surface area contributed by atoms with Gasteiger partial charge in [0.1, 0.15) is 0 Å². The Morgan fingerprint density at radius 1 is 1.00 bits per heavy atom. The van der Waals surface area contributed by atoms with Gasteiger partial charge in [-0.15, -0.1) is 5.06 Å². The van der Waals surface area contributed by atoms with Gasteiger partial charge in [-0.25, -0.2) is 4.79 Å². The Kier molecular flexibility index (Phi) is 5.04. The molecule has 2 fully saturated rings. The van der Waals surface area contributed by atoms with Crippen LogP contribution < -0.4 is 0 Å². The van der Waals surface area contributed by atoms with E-state index in [1.165, 1.54) is 26.2 Å². The highest BCUT2D eigenvalue weighted by Gasteiger charge is 2.30. The Hall–Kier alpha value is -0.650. The zero-order valence-corrected chi connectivity index (χ0v) is 13.4. The minimum Gasteiger partial charge on any atom is -0.367 e. The lowest BCUT2D eigenvalue weighted by atomic mass is 9.97. The van der Waals surface area contributed by atoms with Gasteiger partial charge in [0, 0.05) is 45.3 Å². The molecule has 0 saturated carbocycles. The van der Waals surface area contributed by atoms with Gasteiger partial charge in [0.2, 0.25) is 0 Å². The lowest BCUT2D eigenvalue weighted by Crippen LogP contribution is -2.52. The number of hydrogen-bond acceptors (Lipinski definition) is 5. The molecular weight excluding hydrogens is 254 g/mol. The van der Waals surface area contributed by atoms with Gasteiger partial charge in [0.25, 0.3) is 0 Å². The van der Waals surface area contributed by atoms with Crippen LogP contribution in [0.25, 0.3) is 0 Å².